The molecule has 0 saturated carbocycles. The molecule has 0 spiro atoms. The minimum absolute atomic E-state index is 0.0945. The molecule has 0 aliphatic rings. The van der Waals surface area contributed by atoms with Gasteiger partial charge in [-0.1, -0.05) is 26.3 Å². The Morgan fingerprint density at radius 3 is 2.59 bits per heavy atom. The van der Waals surface area contributed by atoms with Gasteiger partial charge in [0.1, 0.15) is 11.7 Å². The second-order valence-electron chi connectivity index (χ2n) is 4.74. The van der Waals surface area contributed by atoms with E-state index in [0.29, 0.717) is 6.42 Å². The number of rotatable bonds is 7. The van der Waals surface area contributed by atoms with Crippen molar-refractivity contribution in [3.63, 3.8) is 0 Å². The summed E-state index contributed by atoms with van der Waals surface area (Å²) in [5.74, 6) is -1.89. The SMILES string of the molecule is CCC(C)C(NC(=O)COC(=O)c1ccccn1)C(=O)OC. The number of hydrogen-bond acceptors (Lipinski definition) is 6. The van der Waals surface area contributed by atoms with Crippen molar-refractivity contribution in [2.75, 3.05) is 13.7 Å². The lowest BCUT2D eigenvalue weighted by atomic mass is 9.99. The lowest BCUT2D eigenvalue weighted by molar-refractivity contribution is -0.147. The zero-order chi connectivity index (χ0) is 16.5. The number of ether oxygens (including phenoxy) is 2. The number of amides is 1. The minimum Gasteiger partial charge on any atom is -0.467 e. The number of methoxy groups -OCH3 is 1. The molecular weight excluding hydrogens is 288 g/mol. The molecule has 0 aliphatic heterocycles. The molecule has 0 aromatic carbocycles. The van der Waals surface area contributed by atoms with Gasteiger partial charge in [0.05, 0.1) is 7.11 Å². The summed E-state index contributed by atoms with van der Waals surface area (Å²) in [6, 6.07) is 4.02. The number of pyridine rings is 1. The predicted molar refractivity (Wildman–Crippen MR) is 77.9 cm³/mol. The summed E-state index contributed by atoms with van der Waals surface area (Å²) in [4.78, 5) is 38.9. The molecule has 1 N–H and O–H groups in total. The lowest BCUT2D eigenvalue weighted by Gasteiger charge is -2.21. The second-order valence-corrected chi connectivity index (χ2v) is 4.74. The first-order chi connectivity index (χ1) is 10.5. The van der Waals surface area contributed by atoms with Crippen LogP contribution in [0.1, 0.15) is 30.8 Å². The highest BCUT2D eigenvalue weighted by atomic mass is 16.5. The Labute approximate surface area is 129 Å². The molecule has 0 saturated heterocycles. The van der Waals surface area contributed by atoms with E-state index >= 15 is 0 Å². The van der Waals surface area contributed by atoms with Crippen molar-refractivity contribution < 1.29 is 23.9 Å². The van der Waals surface area contributed by atoms with Crippen LogP contribution in [-0.2, 0) is 19.1 Å². The Kier molecular flexibility index (Phi) is 7.01. The molecule has 0 fully saturated rings. The van der Waals surface area contributed by atoms with Gasteiger partial charge < -0.3 is 14.8 Å². The van der Waals surface area contributed by atoms with E-state index in [1.807, 2.05) is 13.8 Å². The van der Waals surface area contributed by atoms with Crippen LogP contribution in [0.4, 0.5) is 0 Å². The fourth-order valence-electron chi connectivity index (χ4n) is 1.70. The quantitative estimate of drug-likeness (QED) is 0.753. The van der Waals surface area contributed by atoms with Gasteiger partial charge in [-0.15, -0.1) is 0 Å². The molecule has 120 valence electrons. The molecule has 1 aromatic heterocycles. The standard InChI is InChI=1S/C15H20N2O5/c1-4-10(2)13(15(20)21-3)17-12(18)9-22-14(19)11-7-5-6-8-16-11/h5-8,10,13H,4,9H2,1-3H3,(H,17,18). The third kappa shape index (κ3) is 5.16. The summed E-state index contributed by atoms with van der Waals surface area (Å²) >= 11 is 0. The Morgan fingerprint density at radius 2 is 2.05 bits per heavy atom. The van der Waals surface area contributed by atoms with Crippen LogP contribution in [0.25, 0.3) is 0 Å². The summed E-state index contributed by atoms with van der Waals surface area (Å²) in [5.41, 5.74) is 0.113. The second kappa shape index (κ2) is 8.76. The van der Waals surface area contributed by atoms with Gasteiger partial charge in [-0.2, -0.15) is 0 Å². The van der Waals surface area contributed by atoms with Crippen molar-refractivity contribution in [3.8, 4) is 0 Å². The topological polar surface area (TPSA) is 94.6 Å². The van der Waals surface area contributed by atoms with Crippen LogP contribution in [-0.4, -0.2) is 42.6 Å². The maximum absolute atomic E-state index is 11.8. The average molecular weight is 308 g/mol. The third-order valence-corrected chi connectivity index (χ3v) is 3.19. The molecule has 1 aromatic rings. The Morgan fingerprint density at radius 1 is 1.32 bits per heavy atom. The fraction of sp³-hybridized carbons (Fsp3) is 0.467. The number of aromatic nitrogens is 1. The Balaban J connectivity index is 2.54. The smallest absolute Gasteiger partial charge is 0.357 e. The highest BCUT2D eigenvalue weighted by Gasteiger charge is 2.27. The van der Waals surface area contributed by atoms with Gasteiger partial charge in [-0.25, -0.2) is 14.6 Å². The molecule has 1 heterocycles. The van der Waals surface area contributed by atoms with E-state index in [-0.39, 0.29) is 11.6 Å². The van der Waals surface area contributed by atoms with Gasteiger partial charge in [0, 0.05) is 6.20 Å². The van der Waals surface area contributed by atoms with E-state index in [1.165, 1.54) is 19.4 Å². The van der Waals surface area contributed by atoms with E-state index in [9.17, 15) is 14.4 Å². The zero-order valence-electron chi connectivity index (χ0n) is 12.9. The van der Waals surface area contributed by atoms with Crippen LogP contribution < -0.4 is 5.32 Å². The number of esters is 2. The van der Waals surface area contributed by atoms with Crippen molar-refractivity contribution in [1.82, 2.24) is 10.3 Å². The number of nitrogens with one attached hydrogen (secondary N) is 1. The van der Waals surface area contributed by atoms with Crippen molar-refractivity contribution in [2.45, 2.75) is 26.3 Å². The van der Waals surface area contributed by atoms with Crippen molar-refractivity contribution in [1.29, 1.82) is 0 Å². The molecule has 7 nitrogen and oxygen atoms in total. The number of nitrogens with zero attached hydrogens (tertiary/aromatic N) is 1. The van der Waals surface area contributed by atoms with Crippen molar-refractivity contribution in [3.05, 3.63) is 30.1 Å². The molecule has 7 heteroatoms. The van der Waals surface area contributed by atoms with Gasteiger partial charge >= 0.3 is 11.9 Å². The normalized spacial score (nSPS) is 12.9. The lowest BCUT2D eigenvalue weighted by Crippen LogP contribution is -2.47. The molecule has 1 amide bonds. The predicted octanol–water partition coefficient (Wildman–Crippen LogP) is 0.942. The number of carbonyl (C=O) groups excluding carboxylic acids is 3. The van der Waals surface area contributed by atoms with Crippen LogP contribution in [0.15, 0.2) is 24.4 Å². The van der Waals surface area contributed by atoms with E-state index in [2.05, 4.69) is 15.0 Å². The van der Waals surface area contributed by atoms with Crippen molar-refractivity contribution in [2.24, 2.45) is 5.92 Å². The summed E-state index contributed by atoms with van der Waals surface area (Å²) in [7, 11) is 1.25. The van der Waals surface area contributed by atoms with Gasteiger partial charge in [0.15, 0.2) is 6.61 Å². The monoisotopic (exact) mass is 308 g/mol. The van der Waals surface area contributed by atoms with Crippen LogP contribution in [0.5, 0.6) is 0 Å². The van der Waals surface area contributed by atoms with Gasteiger partial charge in [-0.3, -0.25) is 4.79 Å². The first-order valence-electron chi connectivity index (χ1n) is 6.94. The van der Waals surface area contributed by atoms with Crippen LogP contribution in [0, 0.1) is 5.92 Å². The third-order valence-electron chi connectivity index (χ3n) is 3.19. The van der Waals surface area contributed by atoms with Crippen LogP contribution >= 0.6 is 0 Å². The van der Waals surface area contributed by atoms with E-state index in [1.54, 1.807) is 12.1 Å². The van der Waals surface area contributed by atoms with Gasteiger partial charge in [0.2, 0.25) is 0 Å². The van der Waals surface area contributed by atoms with Gasteiger partial charge in [-0.05, 0) is 18.1 Å². The highest BCUT2D eigenvalue weighted by molar-refractivity contribution is 5.90. The van der Waals surface area contributed by atoms with E-state index in [4.69, 9.17) is 4.74 Å². The molecule has 2 unspecified atom stereocenters. The molecule has 2 atom stereocenters. The van der Waals surface area contributed by atoms with Crippen LogP contribution in [0.3, 0.4) is 0 Å². The maximum atomic E-state index is 11.8. The van der Waals surface area contributed by atoms with E-state index < -0.39 is 30.5 Å². The maximum Gasteiger partial charge on any atom is 0.357 e. The highest BCUT2D eigenvalue weighted by Crippen LogP contribution is 2.09. The summed E-state index contributed by atoms with van der Waals surface area (Å²) in [5, 5.41) is 2.51. The van der Waals surface area contributed by atoms with Crippen LogP contribution in [0.2, 0.25) is 0 Å². The van der Waals surface area contributed by atoms with Gasteiger partial charge in [0.25, 0.3) is 5.91 Å². The molecule has 1 rings (SSSR count). The molecule has 0 radical (unpaired) electrons. The summed E-state index contributed by atoms with van der Waals surface area (Å²) < 4.78 is 9.51. The largest absolute Gasteiger partial charge is 0.467 e. The summed E-state index contributed by atoms with van der Waals surface area (Å²) in [6.45, 7) is 3.23. The summed E-state index contributed by atoms with van der Waals surface area (Å²) in [6.07, 6.45) is 2.14. The Hall–Kier alpha value is -2.44. The average Bonchev–Trinajstić information content (AvgIpc) is 2.56. The molecule has 22 heavy (non-hydrogen) atoms. The van der Waals surface area contributed by atoms with E-state index in [0.717, 1.165) is 0 Å². The Bertz CT molecular complexity index is 518. The van der Waals surface area contributed by atoms with Crippen molar-refractivity contribution >= 4 is 17.8 Å². The molecular formula is C15H20N2O5. The minimum atomic E-state index is -0.768. The molecule has 0 bridgehead atoms. The first kappa shape index (κ1) is 17.6. The first-order valence-corrected chi connectivity index (χ1v) is 6.94. The molecule has 0 aliphatic carbocycles. The fourth-order valence-corrected chi connectivity index (χ4v) is 1.70. The number of hydrogen-bond donors (Lipinski definition) is 1. The zero-order valence-corrected chi connectivity index (χ0v) is 12.9. The number of carbonyl (C=O) groups is 3.